The van der Waals surface area contributed by atoms with E-state index in [1.165, 1.54) is 19.4 Å². The normalized spacial score (nSPS) is 10.6. The Balaban J connectivity index is 2.89. The number of oxime groups is 1. The largest absolute Gasteiger partial charge is 0.399 e. The number of rotatable bonds is 2. The molecule has 0 bridgehead atoms. The molecule has 3 heteroatoms. The van der Waals surface area contributed by atoms with Gasteiger partial charge in [0.25, 0.3) is 0 Å². The topological polar surface area (TPSA) is 21.6 Å². The van der Waals surface area contributed by atoms with E-state index in [1.807, 2.05) is 0 Å². The lowest BCUT2D eigenvalue weighted by molar-refractivity contribution is 0.215. The second-order valence-corrected chi connectivity index (χ2v) is 2.43. The summed E-state index contributed by atoms with van der Waals surface area (Å²) in [6.07, 6.45) is 1.46. The van der Waals surface area contributed by atoms with Crippen LogP contribution in [-0.4, -0.2) is 13.3 Å². The summed E-state index contributed by atoms with van der Waals surface area (Å²) in [6.45, 7) is 1.71. The fourth-order valence-electron chi connectivity index (χ4n) is 0.803. The minimum Gasteiger partial charge on any atom is -0.399 e. The van der Waals surface area contributed by atoms with Gasteiger partial charge in [0.1, 0.15) is 12.9 Å². The van der Waals surface area contributed by atoms with Gasteiger partial charge >= 0.3 is 0 Å². The molecule has 0 N–H and O–H groups in total. The fraction of sp³-hybridized carbons (Fsp3) is 0.222. The number of nitrogens with zero attached hydrogens (tertiary/aromatic N) is 1. The maximum absolute atomic E-state index is 12.9. The fourth-order valence-corrected chi connectivity index (χ4v) is 0.803. The van der Waals surface area contributed by atoms with Crippen LogP contribution in [0, 0.1) is 12.7 Å². The highest BCUT2D eigenvalue weighted by molar-refractivity contribution is 5.79. The van der Waals surface area contributed by atoms with Crippen molar-refractivity contribution in [2.45, 2.75) is 6.92 Å². The van der Waals surface area contributed by atoms with Crippen molar-refractivity contribution in [3.8, 4) is 0 Å². The molecule has 0 aliphatic rings. The molecular formula is C9H10FNO. The van der Waals surface area contributed by atoms with Crippen molar-refractivity contribution in [2.75, 3.05) is 7.11 Å². The highest BCUT2D eigenvalue weighted by atomic mass is 19.1. The number of benzene rings is 1. The van der Waals surface area contributed by atoms with Gasteiger partial charge in [-0.05, 0) is 24.1 Å². The van der Waals surface area contributed by atoms with Crippen molar-refractivity contribution < 1.29 is 9.23 Å². The molecule has 12 heavy (non-hydrogen) atoms. The highest BCUT2D eigenvalue weighted by Gasteiger charge is 1.96. The maximum atomic E-state index is 12.9. The van der Waals surface area contributed by atoms with Crippen LogP contribution in [0.2, 0.25) is 0 Å². The Hall–Kier alpha value is -1.38. The Morgan fingerprint density at radius 1 is 1.50 bits per heavy atom. The third-order valence-corrected chi connectivity index (χ3v) is 1.50. The van der Waals surface area contributed by atoms with Crippen LogP contribution in [0.5, 0.6) is 0 Å². The first-order valence-electron chi connectivity index (χ1n) is 3.56. The zero-order valence-corrected chi connectivity index (χ0v) is 7.04. The van der Waals surface area contributed by atoms with Crippen LogP contribution in [0.25, 0.3) is 0 Å². The summed E-state index contributed by atoms with van der Waals surface area (Å²) in [7, 11) is 1.45. The molecular weight excluding hydrogens is 157 g/mol. The Morgan fingerprint density at radius 2 is 2.25 bits per heavy atom. The summed E-state index contributed by atoms with van der Waals surface area (Å²) in [6, 6.07) is 4.89. The minimum atomic E-state index is -0.227. The molecule has 64 valence electrons. The van der Waals surface area contributed by atoms with Gasteiger partial charge in [-0.1, -0.05) is 17.3 Å². The lowest BCUT2D eigenvalue weighted by Crippen LogP contribution is -1.87. The predicted octanol–water partition coefficient (Wildman–Crippen LogP) is 2.11. The maximum Gasteiger partial charge on any atom is 0.126 e. The van der Waals surface area contributed by atoms with Crippen LogP contribution in [0.15, 0.2) is 23.4 Å². The van der Waals surface area contributed by atoms with E-state index in [0.717, 1.165) is 0 Å². The molecule has 0 atom stereocenters. The molecule has 0 aromatic heterocycles. The second kappa shape index (κ2) is 3.85. The first-order valence-corrected chi connectivity index (χ1v) is 3.56. The molecule has 0 spiro atoms. The van der Waals surface area contributed by atoms with Gasteiger partial charge in [0.2, 0.25) is 0 Å². The third kappa shape index (κ3) is 2.05. The molecule has 0 amide bonds. The van der Waals surface area contributed by atoms with Crippen molar-refractivity contribution >= 4 is 6.21 Å². The van der Waals surface area contributed by atoms with E-state index in [4.69, 9.17) is 0 Å². The molecule has 0 aliphatic heterocycles. The van der Waals surface area contributed by atoms with Gasteiger partial charge in [0, 0.05) is 0 Å². The van der Waals surface area contributed by atoms with Crippen molar-refractivity contribution in [3.63, 3.8) is 0 Å². The Morgan fingerprint density at radius 3 is 2.83 bits per heavy atom. The smallest absolute Gasteiger partial charge is 0.126 e. The van der Waals surface area contributed by atoms with Crippen molar-refractivity contribution in [2.24, 2.45) is 5.16 Å². The number of hydrogen-bond acceptors (Lipinski definition) is 2. The van der Waals surface area contributed by atoms with Gasteiger partial charge in [-0.3, -0.25) is 0 Å². The highest BCUT2D eigenvalue weighted by Crippen LogP contribution is 2.07. The van der Waals surface area contributed by atoms with Gasteiger partial charge in [-0.25, -0.2) is 4.39 Å². The van der Waals surface area contributed by atoms with Crippen LogP contribution in [0.3, 0.4) is 0 Å². The standard InChI is InChI=1S/C9H10FNO/c1-7-3-4-8(5-9(7)10)6-11-12-2/h3-6H,1-2H3/b11-6+. The minimum absolute atomic E-state index is 0.227. The zero-order valence-electron chi connectivity index (χ0n) is 7.04. The van der Waals surface area contributed by atoms with E-state index in [1.54, 1.807) is 19.1 Å². The average Bonchev–Trinajstić information content (AvgIpc) is 2.07. The van der Waals surface area contributed by atoms with Gasteiger partial charge in [-0.2, -0.15) is 0 Å². The number of aryl methyl sites for hydroxylation is 1. The van der Waals surface area contributed by atoms with E-state index in [0.29, 0.717) is 11.1 Å². The van der Waals surface area contributed by atoms with Crippen molar-refractivity contribution in [3.05, 3.63) is 35.1 Å². The molecule has 1 aromatic rings. The Bertz CT molecular complexity index is 297. The lowest BCUT2D eigenvalue weighted by atomic mass is 10.1. The summed E-state index contributed by atoms with van der Waals surface area (Å²) in [5.41, 5.74) is 1.32. The molecule has 2 nitrogen and oxygen atoms in total. The van der Waals surface area contributed by atoms with E-state index in [9.17, 15) is 4.39 Å². The molecule has 0 radical (unpaired) electrons. The zero-order chi connectivity index (χ0) is 8.97. The summed E-state index contributed by atoms with van der Waals surface area (Å²) < 4.78 is 12.9. The van der Waals surface area contributed by atoms with Crippen LogP contribution in [-0.2, 0) is 4.84 Å². The van der Waals surface area contributed by atoms with Crippen LogP contribution in [0.4, 0.5) is 4.39 Å². The molecule has 0 unspecified atom stereocenters. The van der Waals surface area contributed by atoms with Crippen molar-refractivity contribution in [1.29, 1.82) is 0 Å². The third-order valence-electron chi connectivity index (χ3n) is 1.50. The summed E-state index contributed by atoms with van der Waals surface area (Å²) in [4.78, 5) is 4.46. The monoisotopic (exact) mass is 167 g/mol. The van der Waals surface area contributed by atoms with Crippen LogP contribution in [0.1, 0.15) is 11.1 Å². The van der Waals surface area contributed by atoms with Gasteiger partial charge < -0.3 is 4.84 Å². The predicted molar refractivity (Wildman–Crippen MR) is 45.7 cm³/mol. The summed E-state index contributed by atoms with van der Waals surface area (Å²) >= 11 is 0. The molecule has 0 fully saturated rings. The van der Waals surface area contributed by atoms with E-state index < -0.39 is 0 Å². The van der Waals surface area contributed by atoms with Gasteiger partial charge in [-0.15, -0.1) is 0 Å². The van der Waals surface area contributed by atoms with Crippen LogP contribution < -0.4 is 0 Å². The van der Waals surface area contributed by atoms with Gasteiger partial charge in [0.15, 0.2) is 0 Å². The lowest BCUT2D eigenvalue weighted by Gasteiger charge is -1.96. The summed E-state index contributed by atoms with van der Waals surface area (Å²) in [5, 5.41) is 3.52. The average molecular weight is 167 g/mol. The molecule has 1 rings (SSSR count). The van der Waals surface area contributed by atoms with Gasteiger partial charge in [0.05, 0.1) is 6.21 Å². The second-order valence-electron chi connectivity index (χ2n) is 2.43. The quantitative estimate of drug-likeness (QED) is 0.488. The number of halogens is 1. The Labute approximate surface area is 70.7 Å². The first kappa shape index (κ1) is 8.71. The first-order chi connectivity index (χ1) is 5.74. The van der Waals surface area contributed by atoms with E-state index in [2.05, 4.69) is 9.99 Å². The van der Waals surface area contributed by atoms with Crippen LogP contribution >= 0.6 is 0 Å². The molecule has 0 saturated heterocycles. The summed E-state index contributed by atoms with van der Waals surface area (Å²) in [5.74, 6) is -0.227. The van der Waals surface area contributed by atoms with E-state index >= 15 is 0 Å². The molecule has 1 aromatic carbocycles. The molecule has 0 heterocycles. The molecule has 0 aliphatic carbocycles. The van der Waals surface area contributed by atoms with Crippen molar-refractivity contribution in [1.82, 2.24) is 0 Å². The Kier molecular flexibility index (Phi) is 2.80. The number of hydrogen-bond donors (Lipinski definition) is 0. The molecule has 0 saturated carbocycles. The van der Waals surface area contributed by atoms with E-state index in [-0.39, 0.29) is 5.82 Å². The SMILES string of the molecule is CO/N=C/c1ccc(C)c(F)c1.